The Morgan fingerprint density at radius 2 is 1.84 bits per heavy atom. The van der Waals surface area contributed by atoms with E-state index in [-0.39, 0.29) is 0 Å². The molecular weight excluding hydrogens is 332 g/mol. The van der Waals surface area contributed by atoms with E-state index in [9.17, 15) is 0 Å². The molecule has 3 rings (SSSR count). The minimum Gasteiger partial charge on any atom is -0.396 e. The van der Waals surface area contributed by atoms with E-state index in [1.165, 1.54) is 0 Å². The summed E-state index contributed by atoms with van der Waals surface area (Å²) in [5.74, 6) is 0. The molecule has 0 atom stereocenters. The van der Waals surface area contributed by atoms with Crippen LogP contribution in [-0.4, -0.2) is 16.9 Å². The summed E-state index contributed by atoms with van der Waals surface area (Å²) in [6, 6.07) is 20.4. The van der Waals surface area contributed by atoms with Gasteiger partial charge in [0, 0.05) is 22.0 Å². The van der Waals surface area contributed by atoms with Crippen molar-refractivity contribution in [2.24, 2.45) is 5.16 Å². The lowest BCUT2D eigenvalue weighted by molar-refractivity contribution is 0.159. The highest BCUT2D eigenvalue weighted by molar-refractivity contribution is 6.30. The van der Waals surface area contributed by atoms with Gasteiger partial charge >= 0.3 is 0 Å². The molecule has 3 aromatic rings. The van der Waals surface area contributed by atoms with E-state index >= 15 is 0 Å². The average molecular weight is 353 g/mol. The van der Waals surface area contributed by atoms with Gasteiger partial charge < -0.3 is 9.40 Å². The summed E-state index contributed by atoms with van der Waals surface area (Å²) in [6.07, 6.45) is 0. The van der Waals surface area contributed by atoms with Crippen LogP contribution in [0.4, 0.5) is 0 Å². The summed E-state index contributed by atoms with van der Waals surface area (Å²) in [4.78, 5) is 5.24. The monoisotopic (exact) mass is 352 g/mol. The van der Waals surface area contributed by atoms with Gasteiger partial charge in [-0.2, -0.15) is 0 Å². The van der Waals surface area contributed by atoms with E-state index in [0.717, 1.165) is 33.9 Å². The van der Waals surface area contributed by atoms with Gasteiger partial charge in [-0.3, -0.25) is 0 Å². The second kappa shape index (κ2) is 7.58. The topological polar surface area (TPSA) is 26.5 Å². The van der Waals surface area contributed by atoms with Crippen LogP contribution in [0.25, 0.3) is 16.9 Å². The molecule has 128 valence electrons. The lowest BCUT2D eigenvalue weighted by Gasteiger charge is -2.13. The molecule has 0 bridgehead atoms. The van der Waals surface area contributed by atoms with Crippen LogP contribution in [-0.2, 0) is 4.84 Å². The molecule has 3 nitrogen and oxygen atoms in total. The third-order valence-corrected chi connectivity index (χ3v) is 4.34. The predicted octanol–water partition coefficient (Wildman–Crippen LogP) is 5.87. The van der Waals surface area contributed by atoms with Gasteiger partial charge in [0.1, 0.15) is 6.61 Å². The molecule has 0 saturated heterocycles. The molecule has 0 fully saturated rings. The van der Waals surface area contributed by atoms with Gasteiger partial charge in [-0.25, -0.2) is 0 Å². The molecular formula is C21H21ClN2O. The highest BCUT2D eigenvalue weighted by Crippen LogP contribution is 2.30. The van der Waals surface area contributed by atoms with Gasteiger partial charge in [-0.05, 0) is 50.6 Å². The Balaban J connectivity index is 2.23. The molecule has 1 heterocycles. The van der Waals surface area contributed by atoms with Gasteiger partial charge in [0.05, 0.1) is 11.4 Å². The third kappa shape index (κ3) is 3.62. The minimum absolute atomic E-state index is 0.553. The van der Waals surface area contributed by atoms with Gasteiger partial charge in [0.2, 0.25) is 0 Å². The summed E-state index contributed by atoms with van der Waals surface area (Å²) in [5, 5.41) is 4.92. The van der Waals surface area contributed by atoms with Crippen LogP contribution >= 0.6 is 11.6 Å². The van der Waals surface area contributed by atoms with E-state index in [0.29, 0.717) is 11.6 Å². The van der Waals surface area contributed by atoms with E-state index in [4.69, 9.17) is 16.4 Å². The van der Waals surface area contributed by atoms with Crippen molar-refractivity contribution >= 4 is 17.3 Å². The first-order valence-electron chi connectivity index (χ1n) is 8.32. The second-order valence-electron chi connectivity index (χ2n) is 5.80. The highest BCUT2D eigenvalue weighted by Gasteiger charge is 2.17. The Labute approximate surface area is 153 Å². The smallest absolute Gasteiger partial charge is 0.114 e. The molecule has 0 N–H and O–H groups in total. The van der Waals surface area contributed by atoms with Crippen molar-refractivity contribution in [3.8, 4) is 16.9 Å². The Bertz CT molecular complexity index is 898. The quantitative estimate of drug-likeness (QED) is 0.417. The molecule has 1 aromatic heterocycles. The largest absolute Gasteiger partial charge is 0.396 e. The molecule has 0 amide bonds. The molecule has 0 aliphatic heterocycles. The Kier molecular flexibility index (Phi) is 5.25. The fourth-order valence-electron chi connectivity index (χ4n) is 2.95. The van der Waals surface area contributed by atoms with Gasteiger partial charge in [0.15, 0.2) is 0 Å². The number of hydrogen-bond donors (Lipinski definition) is 0. The van der Waals surface area contributed by atoms with Crippen LogP contribution in [0.1, 0.15) is 25.1 Å². The lowest BCUT2D eigenvalue weighted by atomic mass is 10.1. The summed E-state index contributed by atoms with van der Waals surface area (Å²) in [7, 11) is 0. The van der Waals surface area contributed by atoms with Crippen LogP contribution in [0, 0.1) is 6.92 Å². The first-order valence-corrected chi connectivity index (χ1v) is 8.70. The van der Waals surface area contributed by atoms with Crippen LogP contribution in [0.15, 0.2) is 65.8 Å². The lowest BCUT2D eigenvalue weighted by Crippen LogP contribution is -2.02. The highest BCUT2D eigenvalue weighted by atomic mass is 35.5. The molecule has 0 unspecified atom stereocenters. The fourth-order valence-corrected chi connectivity index (χ4v) is 3.14. The number of oxime groups is 1. The van der Waals surface area contributed by atoms with Crippen molar-refractivity contribution in [1.29, 1.82) is 0 Å². The van der Waals surface area contributed by atoms with Crippen molar-refractivity contribution < 1.29 is 4.84 Å². The molecule has 0 saturated carbocycles. The maximum Gasteiger partial charge on any atom is 0.114 e. The van der Waals surface area contributed by atoms with Crippen molar-refractivity contribution in [3.05, 3.63) is 76.9 Å². The summed E-state index contributed by atoms with van der Waals surface area (Å²) < 4.78 is 2.21. The Morgan fingerprint density at radius 1 is 1.08 bits per heavy atom. The standard InChI is InChI=1S/C21H21ClN2O/c1-4-25-23-15(2)20-14-21(17-9-6-5-7-10-17)24(16(20)3)19-12-8-11-18(22)13-19/h5-14H,4H2,1-3H3/b23-15-. The molecule has 2 aromatic carbocycles. The molecule has 0 aliphatic rings. The average Bonchev–Trinajstić information content (AvgIpc) is 2.98. The van der Waals surface area contributed by atoms with Crippen molar-refractivity contribution in [2.75, 3.05) is 6.61 Å². The van der Waals surface area contributed by atoms with Crippen molar-refractivity contribution in [3.63, 3.8) is 0 Å². The summed E-state index contributed by atoms with van der Waals surface area (Å²) >= 11 is 6.23. The predicted molar refractivity (Wildman–Crippen MR) is 105 cm³/mol. The van der Waals surface area contributed by atoms with Crippen molar-refractivity contribution in [1.82, 2.24) is 4.57 Å². The normalized spacial score (nSPS) is 11.6. The number of nitrogens with zero attached hydrogens (tertiary/aromatic N) is 2. The van der Waals surface area contributed by atoms with Gasteiger partial charge in [-0.15, -0.1) is 0 Å². The van der Waals surface area contributed by atoms with E-state index < -0.39 is 0 Å². The van der Waals surface area contributed by atoms with E-state index in [1.807, 2.05) is 50.2 Å². The van der Waals surface area contributed by atoms with Crippen LogP contribution < -0.4 is 0 Å². The molecule has 4 heteroatoms. The Morgan fingerprint density at radius 3 is 2.52 bits per heavy atom. The van der Waals surface area contributed by atoms with E-state index in [2.05, 4.69) is 40.9 Å². The zero-order valence-electron chi connectivity index (χ0n) is 14.7. The van der Waals surface area contributed by atoms with Crippen LogP contribution in [0.2, 0.25) is 5.02 Å². The Hall–Kier alpha value is -2.52. The molecule has 0 spiro atoms. The maximum atomic E-state index is 6.23. The summed E-state index contributed by atoms with van der Waals surface area (Å²) in [5.41, 5.74) is 6.29. The first kappa shape index (κ1) is 17.3. The maximum absolute atomic E-state index is 6.23. The minimum atomic E-state index is 0.553. The van der Waals surface area contributed by atoms with Crippen LogP contribution in [0.5, 0.6) is 0 Å². The summed E-state index contributed by atoms with van der Waals surface area (Å²) in [6.45, 7) is 6.54. The van der Waals surface area contributed by atoms with Gasteiger partial charge in [-0.1, -0.05) is 53.2 Å². The second-order valence-corrected chi connectivity index (χ2v) is 6.24. The van der Waals surface area contributed by atoms with Gasteiger partial charge in [0.25, 0.3) is 0 Å². The van der Waals surface area contributed by atoms with E-state index in [1.54, 1.807) is 0 Å². The van der Waals surface area contributed by atoms with Crippen molar-refractivity contribution in [2.45, 2.75) is 20.8 Å². The molecule has 0 aliphatic carbocycles. The third-order valence-electron chi connectivity index (χ3n) is 4.10. The zero-order chi connectivity index (χ0) is 17.8. The SMILES string of the molecule is CCO/N=C(/C)c1cc(-c2ccccc2)n(-c2cccc(Cl)c2)c1C. The molecule has 25 heavy (non-hydrogen) atoms. The number of aromatic nitrogens is 1. The number of benzene rings is 2. The first-order chi connectivity index (χ1) is 12.1. The van der Waals surface area contributed by atoms with Crippen LogP contribution in [0.3, 0.4) is 0 Å². The number of hydrogen-bond acceptors (Lipinski definition) is 2. The number of halogens is 1. The molecule has 0 radical (unpaired) electrons. The fraction of sp³-hybridized carbons (Fsp3) is 0.190. The zero-order valence-corrected chi connectivity index (χ0v) is 15.4. The number of rotatable bonds is 5.